The van der Waals surface area contributed by atoms with Gasteiger partial charge in [-0.25, -0.2) is 4.98 Å². The van der Waals surface area contributed by atoms with E-state index in [0.29, 0.717) is 4.83 Å². The Morgan fingerprint density at radius 1 is 1.29 bits per heavy atom. The van der Waals surface area contributed by atoms with Crippen LogP contribution in [0.15, 0.2) is 24.4 Å². The number of rotatable bonds is 3. The van der Waals surface area contributed by atoms with Crippen LogP contribution in [0.3, 0.4) is 0 Å². The predicted molar refractivity (Wildman–Crippen MR) is 78.1 cm³/mol. The average Bonchev–Trinajstić information content (AvgIpc) is 2.70. The second kappa shape index (κ2) is 5.32. The molecule has 2 rings (SSSR count). The molecule has 0 radical (unpaired) electrons. The summed E-state index contributed by atoms with van der Waals surface area (Å²) in [5.41, 5.74) is 4.10. The van der Waals surface area contributed by atoms with E-state index in [0.717, 1.165) is 11.4 Å². The lowest BCUT2D eigenvalue weighted by Gasteiger charge is -2.10. The third-order valence-corrected chi connectivity index (χ3v) is 5.00. The zero-order valence-electron chi connectivity index (χ0n) is 10.3. The average molecular weight is 310 g/mol. The molecule has 0 N–H and O–H groups in total. The van der Waals surface area contributed by atoms with Gasteiger partial charge in [0.1, 0.15) is 0 Å². The number of halogens is 1. The second-order valence-electron chi connectivity index (χ2n) is 4.38. The molecule has 17 heavy (non-hydrogen) atoms. The van der Waals surface area contributed by atoms with Gasteiger partial charge in [0.2, 0.25) is 0 Å². The van der Waals surface area contributed by atoms with Gasteiger partial charge in [0.15, 0.2) is 0 Å². The Labute approximate surface area is 115 Å². The highest BCUT2D eigenvalue weighted by atomic mass is 79.9. The van der Waals surface area contributed by atoms with E-state index in [1.54, 1.807) is 11.3 Å². The molecule has 0 aliphatic rings. The Bertz CT molecular complexity index is 519. The van der Waals surface area contributed by atoms with Crippen molar-refractivity contribution in [3.63, 3.8) is 0 Å². The molecule has 0 fully saturated rings. The van der Waals surface area contributed by atoms with Crippen LogP contribution in [0.25, 0.3) is 0 Å². The SMILES string of the molecule is Cc1ccc(C)c(CC(Br)c2cnc(C)s2)c1. The van der Waals surface area contributed by atoms with Crippen molar-refractivity contribution in [3.8, 4) is 0 Å². The van der Waals surface area contributed by atoms with Gasteiger partial charge in [0.25, 0.3) is 0 Å². The first kappa shape index (κ1) is 12.8. The molecule has 0 bridgehead atoms. The molecule has 2 aromatic rings. The van der Waals surface area contributed by atoms with Crippen molar-refractivity contribution in [3.05, 3.63) is 51.0 Å². The van der Waals surface area contributed by atoms with Crippen LogP contribution in [0.2, 0.25) is 0 Å². The molecule has 1 nitrogen and oxygen atoms in total. The maximum Gasteiger partial charge on any atom is 0.0897 e. The molecule has 0 aliphatic heterocycles. The maximum absolute atomic E-state index is 4.31. The Hall–Kier alpha value is -0.670. The molecular weight excluding hydrogens is 294 g/mol. The molecule has 0 saturated heterocycles. The van der Waals surface area contributed by atoms with Crippen LogP contribution in [-0.4, -0.2) is 4.98 Å². The Morgan fingerprint density at radius 3 is 2.71 bits per heavy atom. The van der Waals surface area contributed by atoms with E-state index < -0.39 is 0 Å². The standard InChI is InChI=1S/C14H16BrNS/c1-9-4-5-10(2)12(6-9)7-13(15)14-8-16-11(3)17-14/h4-6,8,13H,7H2,1-3H3. The van der Waals surface area contributed by atoms with Crippen molar-refractivity contribution < 1.29 is 0 Å². The quantitative estimate of drug-likeness (QED) is 0.746. The fraction of sp³-hybridized carbons (Fsp3) is 0.357. The zero-order valence-corrected chi connectivity index (χ0v) is 12.7. The van der Waals surface area contributed by atoms with Crippen LogP contribution in [0.4, 0.5) is 0 Å². The molecule has 0 aliphatic carbocycles. The maximum atomic E-state index is 4.31. The number of aryl methyl sites for hydroxylation is 3. The highest BCUT2D eigenvalue weighted by molar-refractivity contribution is 9.09. The number of hydrogen-bond donors (Lipinski definition) is 0. The molecule has 1 aromatic carbocycles. The topological polar surface area (TPSA) is 12.9 Å². The Kier molecular flexibility index (Phi) is 4.00. The molecule has 1 atom stereocenters. The monoisotopic (exact) mass is 309 g/mol. The van der Waals surface area contributed by atoms with E-state index in [-0.39, 0.29) is 0 Å². The summed E-state index contributed by atoms with van der Waals surface area (Å²) in [5.74, 6) is 0. The molecule has 1 aromatic heterocycles. The van der Waals surface area contributed by atoms with Crippen LogP contribution >= 0.6 is 27.3 Å². The predicted octanol–water partition coefficient (Wildman–Crippen LogP) is 4.75. The van der Waals surface area contributed by atoms with Gasteiger partial charge in [-0.05, 0) is 38.3 Å². The first-order chi connectivity index (χ1) is 8.06. The summed E-state index contributed by atoms with van der Waals surface area (Å²) in [5, 5.41) is 1.13. The zero-order chi connectivity index (χ0) is 12.4. The fourth-order valence-corrected chi connectivity index (χ4v) is 3.35. The molecule has 0 saturated carbocycles. The van der Waals surface area contributed by atoms with Crippen molar-refractivity contribution >= 4 is 27.3 Å². The molecule has 0 amide bonds. The van der Waals surface area contributed by atoms with E-state index in [9.17, 15) is 0 Å². The van der Waals surface area contributed by atoms with Crippen molar-refractivity contribution in [1.82, 2.24) is 4.98 Å². The van der Waals surface area contributed by atoms with Gasteiger partial charge < -0.3 is 0 Å². The Morgan fingerprint density at radius 2 is 2.06 bits per heavy atom. The molecule has 1 unspecified atom stereocenters. The lowest BCUT2D eigenvalue weighted by atomic mass is 10.0. The number of aromatic nitrogens is 1. The summed E-state index contributed by atoms with van der Waals surface area (Å²) in [4.78, 5) is 5.99. The van der Waals surface area contributed by atoms with Crippen molar-refractivity contribution in [2.24, 2.45) is 0 Å². The van der Waals surface area contributed by atoms with Gasteiger partial charge in [-0.3, -0.25) is 0 Å². The van der Waals surface area contributed by atoms with Gasteiger partial charge >= 0.3 is 0 Å². The van der Waals surface area contributed by atoms with E-state index in [4.69, 9.17) is 0 Å². The minimum absolute atomic E-state index is 0.370. The van der Waals surface area contributed by atoms with Gasteiger partial charge in [-0.2, -0.15) is 0 Å². The van der Waals surface area contributed by atoms with Crippen LogP contribution < -0.4 is 0 Å². The van der Waals surface area contributed by atoms with Crippen LogP contribution in [0.1, 0.15) is 31.4 Å². The summed E-state index contributed by atoms with van der Waals surface area (Å²) in [6, 6.07) is 6.64. The summed E-state index contributed by atoms with van der Waals surface area (Å²) in [7, 11) is 0. The van der Waals surface area contributed by atoms with Crippen molar-refractivity contribution in [2.45, 2.75) is 32.0 Å². The van der Waals surface area contributed by atoms with Gasteiger partial charge in [-0.1, -0.05) is 39.7 Å². The number of thiazole rings is 1. The molecule has 3 heteroatoms. The highest BCUT2D eigenvalue weighted by Gasteiger charge is 2.12. The third-order valence-electron chi connectivity index (χ3n) is 2.85. The first-order valence-corrected chi connectivity index (χ1v) is 7.42. The van der Waals surface area contributed by atoms with Crippen LogP contribution in [0, 0.1) is 20.8 Å². The normalized spacial score (nSPS) is 12.7. The van der Waals surface area contributed by atoms with E-state index >= 15 is 0 Å². The van der Waals surface area contributed by atoms with Crippen LogP contribution in [-0.2, 0) is 6.42 Å². The van der Waals surface area contributed by atoms with Gasteiger partial charge in [0.05, 0.1) is 9.83 Å². The van der Waals surface area contributed by atoms with Crippen molar-refractivity contribution in [2.75, 3.05) is 0 Å². The fourth-order valence-electron chi connectivity index (χ4n) is 1.84. The van der Waals surface area contributed by atoms with Gasteiger partial charge in [-0.15, -0.1) is 11.3 Å². The summed E-state index contributed by atoms with van der Waals surface area (Å²) < 4.78 is 0. The molecule has 90 valence electrons. The minimum Gasteiger partial charge on any atom is -0.250 e. The van der Waals surface area contributed by atoms with E-state index in [2.05, 4.69) is 53.0 Å². The number of benzene rings is 1. The van der Waals surface area contributed by atoms with Crippen molar-refractivity contribution in [1.29, 1.82) is 0 Å². The molecular formula is C14H16BrNS. The second-order valence-corrected chi connectivity index (χ2v) is 6.75. The Balaban J connectivity index is 2.18. The number of alkyl halides is 1. The van der Waals surface area contributed by atoms with E-state index in [1.807, 2.05) is 13.1 Å². The summed E-state index contributed by atoms with van der Waals surface area (Å²) in [6.45, 7) is 6.36. The third kappa shape index (κ3) is 3.17. The smallest absolute Gasteiger partial charge is 0.0897 e. The lowest BCUT2D eigenvalue weighted by molar-refractivity contribution is 0.950. The first-order valence-electron chi connectivity index (χ1n) is 5.69. The van der Waals surface area contributed by atoms with Crippen LogP contribution in [0.5, 0.6) is 0 Å². The van der Waals surface area contributed by atoms with Gasteiger partial charge in [0, 0.05) is 11.1 Å². The number of hydrogen-bond acceptors (Lipinski definition) is 2. The molecule has 1 heterocycles. The lowest BCUT2D eigenvalue weighted by Crippen LogP contribution is -1.96. The summed E-state index contributed by atoms with van der Waals surface area (Å²) in [6.07, 6.45) is 3.00. The van der Waals surface area contributed by atoms with E-state index in [1.165, 1.54) is 21.6 Å². The summed E-state index contributed by atoms with van der Waals surface area (Å²) >= 11 is 5.53. The highest BCUT2D eigenvalue weighted by Crippen LogP contribution is 2.31. The minimum atomic E-state index is 0.370. The molecule has 0 spiro atoms. The largest absolute Gasteiger partial charge is 0.250 e. The number of nitrogens with zero attached hydrogens (tertiary/aromatic N) is 1.